The minimum atomic E-state index is -1.37. The molecule has 0 saturated heterocycles. The third-order valence-electron chi connectivity index (χ3n) is 3.30. The third-order valence-corrected chi connectivity index (χ3v) is 5.31. The zero-order valence-corrected chi connectivity index (χ0v) is 12.7. The van der Waals surface area contributed by atoms with Crippen molar-refractivity contribution in [2.24, 2.45) is 0 Å². The van der Waals surface area contributed by atoms with Crippen LogP contribution in [0.1, 0.15) is 25.3 Å². The Bertz CT molecular complexity index is 503. The molecule has 0 aliphatic heterocycles. The normalized spacial score (nSPS) is 12.0. The Kier molecular flexibility index (Phi) is 3.81. The van der Waals surface area contributed by atoms with Crippen LogP contribution in [0.5, 0.6) is 0 Å². The molecule has 2 aromatic rings. The molecule has 0 aliphatic carbocycles. The summed E-state index contributed by atoms with van der Waals surface area (Å²) in [7, 11) is -1.37. The lowest BCUT2D eigenvalue weighted by molar-refractivity contribution is 0.562. The Labute approximate surface area is 110 Å². The molecule has 0 amide bonds. The van der Waals surface area contributed by atoms with Crippen LogP contribution in [-0.2, 0) is 6.42 Å². The predicted molar refractivity (Wildman–Crippen MR) is 78.0 cm³/mol. The molecule has 98 valence electrons. The van der Waals surface area contributed by atoms with Crippen LogP contribution in [0.3, 0.4) is 0 Å². The maximum absolute atomic E-state index is 5.45. The molecule has 0 N–H and O–H groups in total. The molecule has 18 heavy (non-hydrogen) atoms. The molecule has 2 aromatic heterocycles. The number of unbranched alkanes of at least 4 members (excludes halogenated alkanes) is 1. The predicted octanol–water partition coefficient (Wildman–Crippen LogP) is 4.43. The van der Waals surface area contributed by atoms with Gasteiger partial charge >= 0.3 is 0 Å². The van der Waals surface area contributed by atoms with Crippen molar-refractivity contribution in [3.05, 3.63) is 30.6 Å². The topological polar surface area (TPSA) is 26.3 Å². The fraction of sp³-hybridized carbons (Fsp3) is 0.467. The summed E-state index contributed by atoms with van der Waals surface area (Å²) in [5.74, 6) is 0. The fourth-order valence-electron chi connectivity index (χ4n) is 2.21. The summed E-state index contributed by atoms with van der Waals surface area (Å²) in [6.45, 7) is 9.23. The molecule has 0 aliphatic rings. The highest BCUT2D eigenvalue weighted by molar-refractivity contribution is 6.89. The third kappa shape index (κ3) is 2.61. The van der Waals surface area contributed by atoms with Crippen LogP contribution in [-0.4, -0.2) is 8.07 Å². The van der Waals surface area contributed by atoms with Crippen molar-refractivity contribution in [1.29, 1.82) is 0 Å². The molecular formula is C15H22O2Si. The summed E-state index contributed by atoms with van der Waals surface area (Å²) < 4.78 is 10.9. The van der Waals surface area contributed by atoms with Gasteiger partial charge in [0.2, 0.25) is 0 Å². The zero-order valence-electron chi connectivity index (χ0n) is 11.7. The van der Waals surface area contributed by atoms with Gasteiger partial charge in [0, 0.05) is 11.1 Å². The van der Waals surface area contributed by atoms with E-state index in [4.69, 9.17) is 8.83 Å². The van der Waals surface area contributed by atoms with Gasteiger partial charge in [0.05, 0.1) is 33.1 Å². The van der Waals surface area contributed by atoms with Crippen LogP contribution in [0.4, 0.5) is 0 Å². The molecule has 2 heterocycles. The molecule has 0 atom stereocenters. The summed E-state index contributed by atoms with van der Waals surface area (Å²) in [5.41, 5.74) is 3.75. The maximum Gasteiger partial charge on any atom is 0.0984 e. The second-order valence-electron chi connectivity index (χ2n) is 5.86. The number of furan rings is 2. The van der Waals surface area contributed by atoms with Crippen LogP contribution in [0.15, 0.2) is 33.9 Å². The van der Waals surface area contributed by atoms with Crippen molar-refractivity contribution in [2.75, 3.05) is 0 Å². The van der Waals surface area contributed by atoms with E-state index < -0.39 is 8.07 Å². The first-order valence-electron chi connectivity index (χ1n) is 6.66. The monoisotopic (exact) mass is 262 g/mol. The van der Waals surface area contributed by atoms with Crippen LogP contribution < -0.4 is 5.19 Å². The van der Waals surface area contributed by atoms with E-state index in [0.29, 0.717) is 0 Å². The summed E-state index contributed by atoms with van der Waals surface area (Å²) in [4.78, 5) is 0. The molecule has 2 nitrogen and oxygen atoms in total. The highest BCUT2D eigenvalue weighted by Gasteiger charge is 2.24. The smallest absolute Gasteiger partial charge is 0.0984 e. The van der Waals surface area contributed by atoms with Gasteiger partial charge in [-0.2, -0.15) is 0 Å². The van der Waals surface area contributed by atoms with E-state index in [2.05, 4.69) is 26.6 Å². The number of aryl methyl sites for hydroxylation is 1. The van der Waals surface area contributed by atoms with Gasteiger partial charge in [-0.1, -0.05) is 33.0 Å². The largest absolute Gasteiger partial charge is 0.472 e. The van der Waals surface area contributed by atoms with Gasteiger partial charge in [-0.15, -0.1) is 0 Å². The second-order valence-corrected chi connectivity index (χ2v) is 10.9. The van der Waals surface area contributed by atoms with E-state index in [1.807, 2.05) is 25.1 Å². The van der Waals surface area contributed by atoms with Gasteiger partial charge in [0.25, 0.3) is 0 Å². The molecule has 0 radical (unpaired) electrons. The Morgan fingerprint density at radius 3 is 2.28 bits per heavy atom. The van der Waals surface area contributed by atoms with Gasteiger partial charge in [-0.25, -0.2) is 0 Å². The van der Waals surface area contributed by atoms with Crippen molar-refractivity contribution in [3.8, 4) is 11.1 Å². The molecule has 0 unspecified atom stereocenters. The number of hydrogen-bond donors (Lipinski definition) is 0. The Hall–Kier alpha value is -1.22. The first kappa shape index (κ1) is 13.2. The van der Waals surface area contributed by atoms with Crippen LogP contribution in [0, 0.1) is 0 Å². The molecule has 0 saturated carbocycles. The summed E-state index contributed by atoms with van der Waals surface area (Å²) in [6, 6.07) is 0. The second kappa shape index (κ2) is 5.18. The number of hydrogen-bond acceptors (Lipinski definition) is 2. The van der Waals surface area contributed by atoms with E-state index in [1.54, 1.807) is 0 Å². The van der Waals surface area contributed by atoms with Crippen LogP contribution >= 0.6 is 0 Å². The Morgan fingerprint density at radius 1 is 0.944 bits per heavy atom. The lowest BCUT2D eigenvalue weighted by atomic mass is 10.0. The molecular weight excluding hydrogens is 240 g/mol. The molecule has 2 rings (SSSR count). The minimum Gasteiger partial charge on any atom is -0.472 e. The van der Waals surface area contributed by atoms with Crippen molar-refractivity contribution >= 4 is 13.3 Å². The van der Waals surface area contributed by atoms with Gasteiger partial charge in [0.1, 0.15) is 0 Å². The lowest BCUT2D eigenvalue weighted by Crippen LogP contribution is -2.37. The Balaban J connectivity index is 2.38. The highest BCUT2D eigenvalue weighted by atomic mass is 28.3. The maximum atomic E-state index is 5.45. The van der Waals surface area contributed by atoms with E-state index >= 15 is 0 Å². The van der Waals surface area contributed by atoms with E-state index in [1.165, 1.54) is 34.7 Å². The van der Waals surface area contributed by atoms with Crippen molar-refractivity contribution < 1.29 is 8.83 Å². The van der Waals surface area contributed by atoms with E-state index in [9.17, 15) is 0 Å². The lowest BCUT2D eigenvalue weighted by Gasteiger charge is -2.15. The quantitative estimate of drug-likeness (QED) is 0.745. The van der Waals surface area contributed by atoms with E-state index in [-0.39, 0.29) is 0 Å². The number of rotatable bonds is 5. The summed E-state index contributed by atoms with van der Waals surface area (Å²) in [6.07, 6.45) is 11.0. The van der Waals surface area contributed by atoms with Crippen LogP contribution in [0.2, 0.25) is 19.6 Å². The molecule has 0 fully saturated rings. The first-order valence-corrected chi connectivity index (χ1v) is 10.2. The summed E-state index contributed by atoms with van der Waals surface area (Å²) in [5, 5.41) is 1.38. The van der Waals surface area contributed by atoms with Gasteiger partial charge in [-0.05, 0) is 23.6 Å². The molecule has 0 spiro atoms. The average Bonchev–Trinajstić information content (AvgIpc) is 2.93. The molecule has 3 heteroatoms. The SMILES string of the molecule is CCCCc1cocc1-c1cocc1[Si](C)(C)C. The van der Waals surface area contributed by atoms with Crippen molar-refractivity contribution in [2.45, 2.75) is 45.8 Å². The minimum absolute atomic E-state index is 1.08. The van der Waals surface area contributed by atoms with Gasteiger partial charge in [-0.3, -0.25) is 0 Å². The first-order chi connectivity index (χ1) is 8.54. The van der Waals surface area contributed by atoms with Crippen LogP contribution in [0.25, 0.3) is 11.1 Å². The van der Waals surface area contributed by atoms with Gasteiger partial charge in [0.15, 0.2) is 0 Å². The standard InChI is InChI=1S/C15H22O2Si/c1-5-6-7-12-8-16-9-13(12)14-10-17-11-15(14)18(2,3)4/h8-11H,5-7H2,1-4H3. The van der Waals surface area contributed by atoms with Crippen molar-refractivity contribution in [1.82, 2.24) is 0 Å². The van der Waals surface area contributed by atoms with Crippen molar-refractivity contribution in [3.63, 3.8) is 0 Å². The fourth-order valence-corrected chi connectivity index (χ4v) is 3.63. The van der Waals surface area contributed by atoms with Gasteiger partial charge < -0.3 is 8.83 Å². The molecule has 0 bridgehead atoms. The van der Waals surface area contributed by atoms with E-state index in [0.717, 1.165) is 6.42 Å². The Morgan fingerprint density at radius 2 is 1.61 bits per heavy atom. The summed E-state index contributed by atoms with van der Waals surface area (Å²) >= 11 is 0. The highest BCUT2D eigenvalue weighted by Crippen LogP contribution is 2.27. The zero-order chi connectivity index (χ0) is 13.2. The average molecular weight is 262 g/mol. The molecule has 0 aromatic carbocycles.